The third kappa shape index (κ3) is 2.48. The lowest BCUT2D eigenvalue weighted by Crippen LogP contribution is -2.24. The molecule has 108 valence electrons. The molecular formula is C16H17N3O2. The summed E-state index contributed by atoms with van der Waals surface area (Å²) in [4.78, 5) is 15.4. The molecule has 3 rings (SSSR count). The van der Waals surface area contributed by atoms with Gasteiger partial charge in [0.2, 0.25) is 5.91 Å². The molecule has 0 saturated carbocycles. The average Bonchev–Trinajstić information content (AvgIpc) is 2.89. The van der Waals surface area contributed by atoms with Gasteiger partial charge in [0.05, 0.1) is 11.3 Å². The molecule has 4 N–H and O–H groups in total. The second-order valence-corrected chi connectivity index (χ2v) is 5.28. The number of benzene rings is 1. The standard InChI is InChI=1S/C16H17N3O2/c1-9-4-11-6-12(7-17)21-15(11)13(5-9)14-3-2-10(8-19-14)16(18)20/h2-5,8,12H,6-7,17H2,1H3,(H2,18,20). The van der Waals surface area contributed by atoms with E-state index in [1.807, 2.05) is 13.0 Å². The molecule has 2 heterocycles. The molecule has 5 nitrogen and oxygen atoms in total. The molecule has 0 radical (unpaired) electrons. The number of primary amides is 1. The van der Waals surface area contributed by atoms with E-state index in [1.165, 1.54) is 6.20 Å². The van der Waals surface area contributed by atoms with Gasteiger partial charge in [-0.3, -0.25) is 9.78 Å². The second-order valence-electron chi connectivity index (χ2n) is 5.28. The summed E-state index contributed by atoms with van der Waals surface area (Å²) in [5.41, 5.74) is 15.3. The summed E-state index contributed by atoms with van der Waals surface area (Å²) in [6.07, 6.45) is 2.33. The molecule has 1 atom stereocenters. The Morgan fingerprint density at radius 1 is 1.43 bits per heavy atom. The molecule has 21 heavy (non-hydrogen) atoms. The van der Waals surface area contributed by atoms with E-state index >= 15 is 0 Å². The van der Waals surface area contributed by atoms with Crippen LogP contribution >= 0.6 is 0 Å². The molecule has 0 spiro atoms. The van der Waals surface area contributed by atoms with E-state index in [9.17, 15) is 4.79 Å². The lowest BCUT2D eigenvalue weighted by atomic mass is 10.0. The number of ether oxygens (including phenoxy) is 1. The number of hydrogen-bond acceptors (Lipinski definition) is 4. The minimum absolute atomic E-state index is 0.0189. The van der Waals surface area contributed by atoms with E-state index < -0.39 is 5.91 Å². The minimum atomic E-state index is -0.483. The number of nitrogens with two attached hydrogens (primary N) is 2. The molecule has 1 aliphatic heterocycles. The first-order chi connectivity index (χ1) is 10.1. The highest BCUT2D eigenvalue weighted by atomic mass is 16.5. The highest BCUT2D eigenvalue weighted by Gasteiger charge is 2.25. The maximum absolute atomic E-state index is 11.1. The Balaban J connectivity index is 2.05. The molecule has 1 amide bonds. The number of fused-ring (bicyclic) bond motifs is 1. The van der Waals surface area contributed by atoms with Gasteiger partial charge in [-0.05, 0) is 36.2 Å². The Morgan fingerprint density at radius 2 is 2.24 bits per heavy atom. The van der Waals surface area contributed by atoms with Gasteiger partial charge in [0, 0.05) is 24.7 Å². The van der Waals surface area contributed by atoms with Crippen molar-refractivity contribution in [1.82, 2.24) is 4.98 Å². The number of amides is 1. The number of rotatable bonds is 3. The van der Waals surface area contributed by atoms with Crippen molar-refractivity contribution in [2.75, 3.05) is 6.54 Å². The van der Waals surface area contributed by atoms with Crippen LogP contribution in [0.1, 0.15) is 21.5 Å². The van der Waals surface area contributed by atoms with Gasteiger partial charge in [-0.2, -0.15) is 0 Å². The maximum atomic E-state index is 11.1. The largest absolute Gasteiger partial charge is 0.488 e. The number of hydrogen-bond donors (Lipinski definition) is 2. The summed E-state index contributed by atoms with van der Waals surface area (Å²) in [6, 6.07) is 7.61. The van der Waals surface area contributed by atoms with Crippen molar-refractivity contribution >= 4 is 5.91 Å². The first-order valence-corrected chi connectivity index (χ1v) is 6.85. The van der Waals surface area contributed by atoms with Crippen molar-refractivity contribution in [3.8, 4) is 17.0 Å². The summed E-state index contributed by atoms with van der Waals surface area (Å²) in [5.74, 6) is 0.360. The summed E-state index contributed by atoms with van der Waals surface area (Å²) < 4.78 is 5.92. The van der Waals surface area contributed by atoms with Gasteiger partial charge in [-0.25, -0.2) is 0 Å². The van der Waals surface area contributed by atoms with E-state index in [2.05, 4.69) is 11.1 Å². The lowest BCUT2D eigenvalue weighted by molar-refractivity contribution is 0.1000. The average molecular weight is 283 g/mol. The second kappa shape index (κ2) is 5.18. The summed E-state index contributed by atoms with van der Waals surface area (Å²) in [5, 5.41) is 0. The number of carbonyl (C=O) groups excluding carboxylic acids is 1. The summed E-state index contributed by atoms with van der Waals surface area (Å²) in [7, 11) is 0. The highest BCUT2D eigenvalue weighted by Crippen LogP contribution is 2.38. The molecule has 0 fully saturated rings. The van der Waals surface area contributed by atoms with Crippen molar-refractivity contribution in [2.45, 2.75) is 19.4 Å². The minimum Gasteiger partial charge on any atom is -0.488 e. The maximum Gasteiger partial charge on any atom is 0.250 e. The fourth-order valence-corrected chi connectivity index (χ4v) is 2.61. The van der Waals surface area contributed by atoms with Crippen molar-refractivity contribution in [3.05, 3.63) is 47.2 Å². The van der Waals surface area contributed by atoms with Crippen LogP contribution in [0.25, 0.3) is 11.3 Å². The molecule has 0 saturated heterocycles. The Hall–Kier alpha value is -2.40. The van der Waals surface area contributed by atoms with Crippen molar-refractivity contribution in [1.29, 1.82) is 0 Å². The Bertz CT molecular complexity index is 695. The summed E-state index contributed by atoms with van der Waals surface area (Å²) in [6.45, 7) is 2.53. The molecule has 0 bridgehead atoms. The van der Waals surface area contributed by atoms with Crippen molar-refractivity contribution in [3.63, 3.8) is 0 Å². The predicted molar refractivity (Wildman–Crippen MR) is 80.1 cm³/mol. The number of aromatic nitrogens is 1. The van der Waals surface area contributed by atoms with Crippen LogP contribution in [-0.2, 0) is 6.42 Å². The van der Waals surface area contributed by atoms with E-state index in [-0.39, 0.29) is 6.10 Å². The van der Waals surface area contributed by atoms with Gasteiger partial charge >= 0.3 is 0 Å². The molecule has 5 heteroatoms. The number of pyridine rings is 1. The zero-order valence-electron chi connectivity index (χ0n) is 11.8. The van der Waals surface area contributed by atoms with E-state index in [1.54, 1.807) is 12.1 Å². The van der Waals surface area contributed by atoms with Crippen LogP contribution in [-0.4, -0.2) is 23.5 Å². The molecule has 1 aliphatic rings. The van der Waals surface area contributed by atoms with Crippen LogP contribution in [0.2, 0.25) is 0 Å². The molecule has 1 aromatic heterocycles. The van der Waals surface area contributed by atoms with E-state index in [4.69, 9.17) is 16.2 Å². The van der Waals surface area contributed by atoms with Crippen LogP contribution in [0, 0.1) is 6.92 Å². The predicted octanol–water partition coefficient (Wildman–Crippen LogP) is 1.42. The molecule has 0 aliphatic carbocycles. The highest BCUT2D eigenvalue weighted by molar-refractivity contribution is 5.92. The van der Waals surface area contributed by atoms with Crippen molar-refractivity contribution < 1.29 is 9.53 Å². The molecular weight excluding hydrogens is 266 g/mol. The van der Waals surface area contributed by atoms with Crippen LogP contribution in [0.15, 0.2) is 30.5 Å². The Kier molecular flexibility index (Phi) is 3.35. The SMILES string of the molecule is Cc1cc2c(c(-c3ccc(C(N)=O)cn3)c1)OC(CN)C2. The van der Waals surface area contributed by atoms with Crippen LogP contribution in [0.5, 0.6) is 5.75 Å². The third-order valence-electron chi connectivity index (χ3n) is 3.63. The first-order valence-electron chi connectivity index (χ1n) is 6.85. The van der Waals surface area contributed by atoms with Gasteiger partial charge in [0.25, 0.3) is 0 Å². The lowest BCUT2D eigenvalue weighted by Gasteiger charge is -2.11. The van der Waals surface area contributed by atoms with Gasteiger partial charge in [0.1, 0.15) is 11.9 Å². The number of aryl methyl sites for hydroxylation is 1. The zero-order valence-corrected chi connectivity index (χ0v) is 11.8. The Morgan fingerprint density at radius 3 is 2.86 bits per heavy atom. The smallest absolute Gasteiger partial charge is 0.250 e. The van der Waals surface area contributed by atoms with Crippen LogP contribution < -0.4 is 16.2 Å². The Labute approximate surface area is 122 Å². The monoisotopic (exact) mass is 283 g/mol. The van der Waals surface area contributed by atoms with Crippen LogP contribution in [0.3, 0.4) is 0 Å². The quantitative estimate of drug-likeness (QED) is 0.891. The summed E-state index contributed by atoms with van der Waals surface area (Å²) >= 11 is 0. The van der Waals surface area contributed by atoms with Gasteiger partial charge in [-0.15, -0.1) is 0 Å². The molecule has 1 unspecified atom stereocenters. The molecule has 1 aromatic carbocycles. The fourth-order valence-electron chi connectivity index (χ4n) is 2.61. The van der Waals surface area contributed by atoms with E-state index in [0.717, 1.165) is 34.6 Å². The number of carbonyl (C=O) groups is 1. The van der Waals surface area contributed by atoms with Gasteiger partial charge in [-0.1, -0.05) is 6.07 Å². The topological polar surface area (TPSA) is 91.2 Å². The van der Waals surface area contributed by atoms with Gasteiger partial charge in [0.15, 0.2) is 0 Å². The fraction of sp³-hybridized carbons (Fsp3) is 0.250. The normalized spacial score (nSPS) is 16.4. The molecule has 2 aromatic rings. The first kappa shape index (κ1) is 13.6. The van der Waals surface area contributed by atoms with Crippen LogP contribution in [0.4, 0.5) is 0 Å². The van der Waals surface area contributed by atoms with E-state index in [0.29, 0.717) is 12.1 Å². The van der Waals surface area contributed by atoms with Gasteiger partial charge < -0.3 is 16.2 Å². The number of nitrogens with zero attached hydrogens (tertiary/aromatic N) is 1. The van der Waals surface area contributed by atoms with Crippen molar-refractivity contribution in [2.24, 2.45) is 11.5 Å². The zero-order chi connectivity index (χ0) is 15.0. The third-order valence-corrected chi connectivity index (χ3v) is 3.63.